The lowest BCUT2D eigenvalue weighted by atomic mass is 9.95. The van der Waals surface area contributed by atoms with Gasteiger partial charge in [0.25, 0.3) is 0 Å². The number of halogens is 1. The number of fused-ring (bicyclic) bond motifs is 1. The number of carbonyl (C=O) groups excluding carboxylic acids is 1. The molecule has 0 fully saturated rings. The molecule has 0 aliphatic carbocycles. The van der Waals surface area contributed by atoms with Crippen LogP contribution in [0.2, 0.25) is 5.02 Å². The summed E-state index contributed by atoms with van der Waals surface area (Å²) in [5.74, 6) is 0.151. The van der Waals surface area contributed by atoms with Crippen LogP contribution in [0.1, 0.15) is 39.5 Å². The number of aryl methyl sites for hydroxylation is 3. The van der Waals surface area contributed by atoms with Gasteiger partial charge in [0.2, 0.25) is 0 Å². The Hall–Kier alpha value is -3.17. The largest absolute Gasteiger partial charge is 0.423 e. The third kappa shape index (κ3) is 4.19. The summed E-state index contributed by atoms with van der Waals surface area (Å²) in [6.45, 7) is 8.05. The lowest BCUT2D eigenvalue weighted by Gasteiger charge is -2.16. The number of aromatic nitrogens is 1. The zero-order valence-corrected chi connectivity index (χ0v) is 18.9. The van der Waals surface area contributed by atoms with Crippen molar-refractivity contribution in [1.29, 1.82) is 0 Å². The van der Waals surface area contributed by atoms with Crippen molar-refractivity contribution in [2.45, 2.75) is 34.1 Å². The molecule has 0 amide bonds. The minimum absolute atomic E-state index is 0.380. The monoisotopic (exact) mass is 429 g/mol. The van der Waals surface area contributed by atoms with Crippen LogP contribution in [0.15, 0.2) is 60.7 Å². The van der Waals surface area contributed by atoms with Gasteiger partial charge in [-0.05, 0) is 74.2 Å². The normalized spacial score (nSPS) is 11.0. The van der Waals surface area contributed by atoms with E-state index >= 15 is 0 Å². The highest BCUT2D eigenvalue weighted by molar-refractivity contribution is 6.30. The smallest absolute Gasteiger partial charge is 0.344 e. The van der Waals surface area contributed by atoms with Crippen molar-refractivity contribution in [3.63, 3.8) is 0 Å². The topological polar surface area (TPSA) is 39.2 Å². The van der Waals surface area contributed by atoms with Gasteiger partial charge >= 0.3 is 5.97 Å². The molecule has 0 aliphatic heterocycles. The molecule has 4 aromatic rings. The van der Waals surface area contributed by atoms with Gasteiger partial charge in [0.1, 0.15) is 5.75 Å². The molecule has 3 aromatic carbocycles. The maximum atomic E-state index is 13.4. The van der Waals surface area contributed by atoms with Crippen molar-refractivity contribution in [1.82, 2.24) is 4.98 Å². The zero-order valence-electron chi connectivity index (χ0n) is 18.1. The molecule has 0 bridgehead atoms. The highest BCUT2D eigenvalue weighted by Crippen LogP contribution is 2.33. The minimum Gasteiger partial charge on any atom is -0.423 e. The molecule has 4 heteroatoms. The number of hydrogen-bond donors (Lipinski definition) is 0. The van der Waals surface area contributed by atoms with Crippen LogP contribution < -0.4 is 4.74 Å². The van der Waals surface area contributed by atoms with E-state index in [-0.39, 0.29) is 5.97 Å². The Labute approximate surface area is 187 Å². The predicted octanol–water partition coefficient (Wildman–Crippen LogP) is 7.26. The first-order valence-corrected chi connectivity index (χ1v) is 10.7. The van der Waals surface area contributed by atoms with Crippen molar-refractivity contribution in [3.8, 4) is 17.0 Å². The molecule has 0 N–H and O–H groups in total. The van der Waals surface area contributed by atoms with Gasteiger partial charge in [-0.1, -0.05) is 54.4 Å². The molecular formula is C27H24ClNO2. The standard InChI is InChI=1S/C27H24ClNO2/c1-5-19-6-12-22(13-7-19)31-27(30)24-18(4)26(20-8-10-21(28)11-9-20)29-25-17(3)14-16(2)15-23(24)25/h6-15H,5H2,1-4H3. The Morgan fingerprint density at radius 2 is 1.65 bits per heavy atom. The van der Waals surface area contributed by atoms with Crippen molar-refractivity contribution in [2.24, 2.45) is 0 Å². The van der Waals surface area contributed by atoms with Crippen LogP contribution in [0.3, 0.4) is 0 Å². The van der Waals surface area contributed by atoms with Crippen molar-refractivity contribution in [2.75, 3.05) is 0 Å². The number of benzene rings is 3. The molecule has 0 aliphatic rings. The van der Waals surface area contributed by atoms with Gasteiger partial charge in [0.15, 0.2) is 0 Å². The van der Waals surface area contributed by atoms with E-state index in [1.807, 2.05) is 75.4 Å². The fraction of sp³-hybridized carbons (Fsp3) is 0.185. The predicted molar refractivity (Wildman–Crippen MR) is 127 cm³/mol. The lowest BCUT2D eigenvalue weighted by molar-refractivity contribution is 0.0736. The van der Waals surface area contributed by atoms with Crippen molar-refractivity contribution >= 4 is 28.5 Å². The van der Waals surface area contributed by atoms with E-state index in [1.165, 1.54) is 5.56 Å². The summed E-state index contributed by atoms with van der Waals surface area (Å²) in [6, 6.07) is 19.2. The third-order valence-corrected chi connectivity index (χ3v) is 5.78. The number of hydrogen-bond acceptors (Lipinski definition) is 3. The Bertz CT molecular complexity index is 1280. The number of carbonyl (C=O) groups is 1. The molecule has 0 saturated heterocycles. The van der Waals surface area contributed by atoms with Gasteiger partial charge in [-0.2, -0.15) is 0 Å². The van der Waals surface area contributed by atoms with Crippen LogP contribution in [0, 0.1) is 20.8 Å². The Morgan fingerprint density at radius 3 is 2.29 bits per heavy atom. The van der Waals surface area contributed by atoms with Crippen LogP contribution in [0.4, 0.5) is 0 Å². The van der Waals surface area contributed by atoms with Crippen LogP contribution in [-0.2, 0) is 6.42 Å². The molecule has 0 saturated carbocycles. The Balaban J connectivity index is 1.89. The number of nitrogens with zero attached hydrogens (tertiary/aromatic N) is 1. The second-order valence-corrected chi connectivity index (χ2v) is 8.27. The number of rotatable bonds is 4. The van der Waals surface area contributed by atoms with Gasteiger partial charge in [0, 0.05) is 16.0 Å². The molecule has 0 spiro atoms. The summed E-state index contributed by atoms with van der Waals surface area (Å²) in [4.78, 5) is 18.3. The van der Waals surface area contributed by atoms with E-state index in [0.29, 0.717) is 16.3 Å². The van der Waals surface area contributed by atoms with Crippen LogP contribution in [0.25, 0.3) is 22.2 Å². The minimum atomic E-state index is -0.380. The fourth-order valence-corrected chi connectivity index (χ4v) is 4.04. The van der Waals surface area contributed by atoms with E-state index in [1.54, 1.807) is 0 Å². The quantitative estimate of drug-likeness (QED) is 0.253. The molecule has 0 atom stereocenters. The second kappa shape index (κ2) is 8.52. The molecule has 1 aromatic heterocycles. The van der Waals surface area contributed by atoms with E-state index in [4.69, 9.17) is 21.3 Å². The average Bonchev–Trinajstić information content (AvgIpc) is 2.74. The SMILES string of the molecule is CCc1ccc(OC(=O)c2c(C)c(-c3ccc(Cl)cc3)nc3c(C)cc(C)cc23)cc1. The summed E-state index contributed by atoms with van der Waals surface area (Å²) in [5, 5.41) is 1.46. The molecular weight excluding hydrogens is 406 g/mol. The molecule has 3 nitrogen and oxygen atoms in total. The summed E-state index contributed by atoms with van der Waals surface area (Å²) >= 11 is 6.08. The van der Waals surface area contributed by atoms with Gasteiger partial charge in [-0.3, -0.25) is 0 Å². The van der Waals surface area contributed by atoms with E-state index < -0.39 is 0 Å². The third-order valence-electron chi connectivity index (χ3n) is 5.53. The van der Waals surface area contributed by atoms with Crippen LogP contribution >= 0.6 is 11.6 Å². The van der Waals surface area contributed by atoms with Crippen molar-refractivity contribution in [3.05, 3.63) is 93.5 Å². The molecule has 0 unspecified atom stereocenters. The Morgan fingerprint density at radius 1 is 0.968 bits per heavy atom. The maximum Gasteiger partial charge on any atom is 0.344 e. The summed E-state index contributed by atoms with van der Waals surface area (Å²) in [7, 11) is 0. The molecule has 1 heterocycles. The number of ether oxygens (including phenoxy) is 1. The zero-order chi connectivity index (χ0) is 22.1. The number of pyridine rings is 1. The molecule has 0 radical (unpaired) electrons. The van der Waals surface area contributed by atoms with E-state index in [0.717, 1.165) is 45.3 Å². The van der Waals surface area contributed by atoms with E-state index in [2.05, 4.69) is 13.0 Å². The maximum absolute atomic E-state index is 13.4. The molecule has 4 rings (SSSR count). The highest BCUT2D eigenvalue weighted by Gasteiger charge is 2.22. The Kier molecular flexibility index (Phi) is 5.79. The van der Waals surface area contributed by atoms with Crippen LogP contribution in [0.5, 0.6) is 5.75 Å². The van der Waals surface area contributed by atoms with Crippen molar-refractivity contribution < 1.29 is 9.53 Å². The van der Waals surface area contributed by atoms with Gasteiger partial charge < -0.3 is 4.74 Å². The lowest BCUT2D eigenvalue weighted by Crippen LogP contribution is -2.13. The first-order chi connectivity index (χ1) is 14.9. The summed E-state index contributed by atoms with van der Waals surface area (Å²) in [5.41, 5.74) is 7.08. The summed E-state index contributed by atoms with van der Waals surface area (Å²) in [6.07, 6.45) is 0.936. The van der Waals surface area contributed by atoms with Gasteiger partial charge in [-0.15, -0.1) is 0 Å². The first-order valence-electron chi connectivity index (χ1n) is 10.4. The highest BCUT2D eigenvalue weighted by atomic mass is 35.5. The second-order valence-electron chi connectivity index (χ2n) is 7.83. The number of esters is 1. The van der Waals surface area contributed by atoms with Gasteiger partial charge in [0.05, 0.1) is 16.8 Å². The first kappa shape index (κ1) is 21.1. The van der Waals surface area contributed by atoms with Crippen LogP contribution in [-0.4, -0.2) is 11.0 Å². The van der Waals surface area contributed by atoms with Gasteiger partial charge in [-0.25, -0.2) is 9.78 Å². The molecule has 31 heavy (non-hydrogen) atoms. The summed E-state index contributed by atoms with van der Waals surface area (Å²) < 4.78 is 5.79. The van der Waals surface area contributed by atoms with E-state index in [9.17, 15) is 4.79 Å². The fourth-order valence-electron chi connectivity index (χ4n) is 3.92. The average molecular weight is 430 g/mol. The molecule has 156 valence electrons.